The molecule has 1 aromatic carbocycles. The van der Waals surface area contributed by atoms with Crippen LogP contribution in [0.2, 0.25) is 0 Å². The number of fused-ring (bicyclic) bond motifs is 1. The minimum absolute atomic E-state index is 0.250. The van der Waals surface area contributed by atoms with E-state index in [1.807, 2.05) is 12.1 Å². The number of phenolic OH excluding ortho intramolecular Hbond substituents is 1. The molecule has 18 heavy (non-hydrogen) atoms. The number of aromatic nitrogens is 3. The maximum atomic E-state index is 9.40. The van der Waals surface area contributed by atoms with E-state index in [1.54, 1.807) is 35.0 Å². The molecule has 0 bridgehead atoms. The van der Waals surface area contributed by atoms with Crippen molar-refractivity contribution in [2.75, 3.05) is 5.73 Å². The third-order valence-electron chi connectivity index (χ3n) is 2.67. The Bertz CT molecular complexity index is 705. The van der Waals surface area contributed by atoms with Crippen LogP contribution in [0.5, 0.6) is 5.75 Å². The molecule has 0 radical (unpaired) electrons. The van der Waals surface area contributed by atoms with Crippen molar-refractivity contribution in [2.45, 2.75) is 6.42 Å². The van der Waals surface area contributed by atoms with E-state index in [0.717, 1.165) is 11.2 Å². The van der Waals surface area contributed by atoms with Gasteiger partial charge in [0.25, 0.3) is 0 Å². The van der Waals surface area contributed by atoms with Gasteiger partial charge in [-0.3, -0.25) is 0 Å². The predicted molar refractivity (Wildman–Crippen MR) is 68.3 cm³/mol. The summed E-state index contributed by atoms with van der Waals surface area (Å²) < 4.78 is 1.66. The third-order valence-corrected chi connectivity index (χ3v) is 2.67. The summed E-state index contributed by atoms with van der Waals surface area (Å²) in [6.07, 6.45) is 2.31. The monoisotopic (exact) mass is 240 g/mol. The number of phenols is 1. The summed E-state index contributed by atoms with van der Waals surface area (Å²) in [6.45, 7) is 0. The second kappa shape index (κ2) is 4.03. The van der Waals surface area contributed by atoms with Crippen LogP contribution < -0.4 is 5.73 Å². The normalized spacial score (nSPS) is 10.9. The first-order valence-corrected chi connectivity index (χ1v) is 5.59. The van der Waals surface area contributed by atoms with Crippen LogP contribution in [0.1, 0.15) is 11.4 Å². The van der Waals surface area contributed by atoms with Crippen molar-refractivity contribution in [2.24, 2.45) is 0 Å². The van der Waals surface area contributed by atoms with E-state index in [1.165, 1.54) is 0 Å². The maximum absolute atomic E-state index is 9.40. The first kappa shape index (κ1) is 10.6. The molecular formula is C13H12N4O. The lowest BCUT2D eigenvalue weighted by atomic mass is 10.1. The summed E-state index contributed by atoms with van der Waals surface area (Å²) in [4.78, 5) is 4.39. The van der Waals surface area contributed by atoms with E-state index in [2.05, 4.69) is 10.1 Å². The van der Waals surface area contributed by atoms with Gasteiger partial charge in [0, 0.05) is 6.42 Å². The number of nitrogen functional groups attached to an aromatic ring is 1. The second-order valence-electron chi connectivity index (χ2n) is 4.14. The second-order valence-corrected chi connectivity index (χ2v) is 4.14. The molecule has 2 heterocycles. The van der Waals surface area contributed by atoms with Gasteiger partial charge in [0.1, 0.15) is 5.75 Å². The highest BCUT2D eigenvalue weighted by Gasteiger charge is 2.05. The molecule has 5 heteroatoms. The highest BCUT2D eigenvalue weighted by Crippen LogP contribution is 2.14. The number of nitrogens with zero attached hydrogens (tertiary/aromatic N) is 3. The summed E-state index contributed by atoms with van der Waals surface area (Å²) in [5.41, 5.74) is 8.07. The molecule has 0 spiro atoms. The zero-order chi connectivity index (χ0) is 12.5. The van der Waals surface area contributed by atoms with E-state index >= 15 is 0 Å². The van der Waals surface area contributed by atoms with Crippen LogP contribution in [-0.4, -0.2) is 19.7 Å². The molecule has 0 unspecified atom stereocenters. The number of benzene rings is 1. The van der Waals surface area contributed by atoms with Crippen LogP contribution in [0.4, 0.5) is 5.69 Å². The maximum Gasteiger partial charge on any atom is 0.156 e. The molecule has 0 aliphatic carbocycles. The summed E-state index contributed by atoms with van der Waals surface area (Å²) in [5.74, 6) is 0.951. The van der Waals surface area contributed by atoms with Gasteiger partial charge in [0.05, 0.1) is 11.9 Å². The topological polar surface area (TPSA) is 76.4 Å². The number of aromatic hydroxyl groups is 1. The number of anilines is 1. The van der Waals surface area contributed by atoms with Crippen molar-refractivity contribution in [3.8, 4) is 5.75 Å². The SMILES string of the molecule is Nc1ccc2nc(Cc3cccc(O)c3)nn2c1. The molecule has 0 aliphatic rings. The molecule has 0 amide bonds. The van der Waals surface area contributed by atoms with Gasteiger partial charge in [0.15, 0.2) is 11.5 Å². The van der Waals surface area contributed by atoms with Crippen LogP contribution in [0.3, 0.4) is 0 Å². The third kappa shape index (κ3) is 1.98. The van der Waals surface area contributed by atoms with E-state index in [4.69, 9.17) is 5.73 Å². The van der Waals surface area contributed by atoms with E-state index in [9.17, 15) is 5.11 Å². The Labute approximate surface area is 104 Å². The van der Waals surface area contributed by atoms with E-state index in [0.29, 0.717) is 17.9 Å². The average Bonchev–Trinajstić information content (AvgIpc) is 2.70. The summed E-state index contributed by atoms with van der Waals surface area (Å²) in [6, 6.07) is 10.7. The van der Waals surface area contributed by atoms with Gasteiger partial charge in [0.2, 0.25) is 0 Å². The van der Waals surface area contributed by atoms with Gasteiger partial charge in [-0.05, 0) is 29.8 Å². The zero-order valence-corrected chi connectivity index (χ0v) is 9.61. The molecule has 0 saturated heterocycles. The number of pyridine rings is 1. The standard InChI is InChI=1S/C13H12N4O/c14-10-4-5-13-15-12(16-17(13)8-10)7-9-2-1-3-11(18)6-9/h1-6,8,18H,7,14H2. The first-order chi connectivity index (χ1) is 8.70. The lowest BCUT2D eigenvalue weighted by molar-refractivity contribution is 0.474. The van der Waals surface area contributed by atoms with Gasteiger partial charge in [-0.15, -0.1) is 0 Å². The van der Waals surface area contributed by atoms with Gasteiger partial charge in [-0.25, -0.2) is 9.50 Å². The fraction of sp³-hybridized carbons (Fsp3) is 0.0769. The van der Waals surface area contributed by atoms with Crippen molar-refractivity contribution < 1.29 is 5.11 Å². The first-order valence-electron chi connectivity index (χ1n) is 5.59. The highest BCUT2D eigenvalue weighted by atomic mass is 16.3. The number of hydrogen-bond donors (Lipinski definition) is 2. The molecule has 0 atom stereocenters. The van der Waals surface area contributed by atoms with Crippen LogP contribution in [0.15, 0.2) is 42.6 Å². The molecule has 3 aromatic rings. The Kier molecular flexibility index (Phi) is 2.37. The minimum atomic E-state index is 0.250. The van der Waals surface area contributed by atoms with Crippen LogP contribution >= 0.6 is 0 Å². The molecule has 5 nitrogen and oxygen atoms in total. The molecule has 3 rings (SSSR count). The molecule has 2 aromatic heterocycles. The van der Waals surface area contributed by atoms with Crippen LogP contribution in [-0.2, 0) is 6.42 Å². The van der Waals surface area contributed by atoms with Crippen molar-refractivity contribution in [3.05, 3.63) is 54.0 Å². The van der Waals surface area contributed by atoms with Gasteiger partial charge in [-0.1, -0.05) is 12.1 Å². The van der Waals surface area contributed by atoms with E-state index < -0.39 is 0 Å². The Morgan fingerprint density at radius 2 is 2.11 bits per heavy atom. The van der Waals surface area contributed by atoms with Gasteiger partial charge < -0.3 is 10.8 Å². The van der Waals surface area contributed by atoms with Crippen LogP contribution in [0.25, 0.3) is 5.65 Å². The Balaban J connectivity index is 1.95. The van der Waals surface area contributed by atoms with Crippen molar-refractivity contribution in [1.29, 1.82) is 0 Å². The Morgan fingerprint density at radius 3 is 2.94 bits per heavy atom. The van der Waals surface area contributed by atoms with Gasteiger partial charge in [-0.2, -0.15) is 5.10 Å². The van der Waals surface area contributed by atoms with Crippen molar-refractivity contribution in [1.82, 2.24) is 14.6 Å². The smallest absolute Gasteiger partial charge is 0.156 e. The minimum Gasteiger partial charge on any atom is -0.508 e. The van der Waals surface area contributed by atoms with Crippen molar-refractivity contribution >= 4 is 11.3 Å². The number of rotatable bonds is 2. The molecule has 0 saturated carbocycles. The lowest BCUT2D eigenvalue weighted by Gasteiger charge is -1.97. The fourth-order valence-electron chi connectivity index (χ4n) is 1.87. The Morgan fingerprint density at radius 1 is 1.22 bits per heavy atom. The number of nitrogens with two attached hydrogens (primary N) is 1. The fourth-order valence-corrected chi connectivity index (χ4v) is 1.87. The summed E-state index contributed by atoms with van der Waals surface area (Å²) >= 11 is 0. The largest absolute Gasteiger partial charge is 0.508 e. The molecule has 0 aliphatic heterocycles. The molecular weight excluding hydrogens is 228 g/mol. The quantitative estimate of drug-likeness (QED) is 0.713. The van der Waals surface area contributed by atoms with Crippen molar-refractivity contribution in [3.63, 3.8) is 0 Å². The lowest BCUT2D eigenvalue weighted by Crippen LogP contribution is -1.93. The molecule has 90 valence electrons. The molecule has 3 N–H and O–H groups in total. The highest BCUT2D eigenvalue weighted by molar-refractivity contribution is 5.46. The summed E-state index contributed by atoms with van der Waals surface area (Å²) in [7, 11) is 0. The Hall–Kier alpha value is -2.56. The van der Waals surface area contributed by atoms with Gasteiger partial charge >= 0.3 is 0 Å². The summed E-state index contributed by atoms with van der Waals surface area (Å²) in [5, 5.41) is 13.7. The van der Waals surface area contributed by atoms with Crippen LogP contribution in [0, 0.1) is 0 Å². The van der Waals surface area contributed by atoms with E-state index in [-0.39, 0.29) is 5.75 Å². The number of hydrogen-bond acceptors (Lipinski definition) is 4. The average molecular weight is 240 g/mol. The zero-order valence-electron chi connectivity index (χ0n) is 9.61. The predicted octanol–water partition coefficient (Wildman–Crippen LogP) is 1.61. The molecule has 0 fully saturated rings.